The molecule has 3 heteroatoms. The van der Waals surface area contributed by atoms with Crippen LogP contribution in [-0.2, 0) is 17.8 Å². The fourth-order valence-corrected chi connectivity index (χ4v) is 3.59. The number of likely N-dealkylation sites (tertiary alicyclic amines) is 1. The highest BCUT2D eigenvalue weighted by molar-refractivity contribution is 5.79. The summed E-state index contributed by atoms with van der Waals surface area (Å²) in [5.74, 6) is 0.245. The van der Waals surface area contributed by atoms with Crippen molar-refractivity contribution in [2.45, 2.75) is 39.2 Å². The first-order valence-electron chi connectivity index (χ1n) is 7.77. The fraction of sp³-hybridized carbons (Fsp3) is 0.588. The number of nitrogens with one attached hydrogen (secondary N) is 1. The molecule has 1 aromatic rings. The standard InChI is InChI=1S/C17H24N2O/c1-2-14-5-3-4-6-15(14)12-19-9-7-17(8-10-19)11-16(20)18-13-17/h3-6H,2,7-13H2,1H3,(H,18,20). The number of hydrogen-bond acceptors (Lipinski definition) is 2. The Balaban J connectivity index is 1.60. The van der Waals surface area contributed by atoms with Gasteiger partial charge in [-0.05, 0) is 48.9 Å². The number of rotatable bonds is 3. The maximum Gasteiger partial charge on any atom is 0.220 e. The van der Waals surface area contributed by atoms with Gasteiger partial charge in [0.05, 0.1) is 0 Å². The summed E-state index contributed by atoms with van der Waals surface area (Å²) in [5, 5.41) is 3.01. The molecule has 2 saturated heterocycles. The molecular weight excluding hydrogens is 248 g/mol. The van der Waals surface area contributed by atoms with Crippen LogP contribution in [0.4, 0.5) is 0 Å². The molecule has 20 heavy (non-hydrogen) atoms. The predicted octanol–water partition coefficient (Wildman–Crippen LogP) is 2.35. The van der Waals surface area contributed by atoms with E-state index < -0.39 is 0 Å². The van der Waals surface area contributed by atoms with Crippen molar-refractivity contribution in [3.63, 3.8) is 0 Å². The van der Waals surface area contributed by atoms with Crippen LogP contribution in [0.5, 0.6) is 0 Å². The Morgan fingerprint density at radius 2 is 1.90 bits per heavy atom. The maximum atomic E-state index is 11.4. The van der Waals surface area contributed by atoms with Crippen LogP contribution in [0.25, 0.3) is 0 Å². The van der Waals surface area contributed by atoms with Gasteiger partial charge < -0.3 is 5.32 Å². The molecule has 3 rings (SSSR count). The summed E-state index contributed by atoms with van der Waals surface area (Å²) in [6.07, 6.45) is 4.15. The quantitative estimate of drug-likeness (QED) is 0.916. The monoisotopic (exact) mass is 272 g/mol. The number of nitrogens with zero attached hydrogens (tertiary/aromatic N) is 1. The van der Waals surface area contributed by atoms with Gasteiger partial charge in [-0.2, -0.15) is 0 Å². The predicted molar refractivity (Wildman–Crippen MR) is 80.4 cm³/mol. The lowest BCUT2D eigenvalue weighted by Gasteiger charge is -2.38. The summed E-state index contributed by atoms with van der Waals surface area (Å²) in [5.41, 5.74) is 3.19. The van der Waals surface area contributed by atoms with Crippen LogP contribution in [0.3, 0.4) is 0 Å². The van der Waals surface area contributed by atoms with E-state index in [1.165, 1.54) is 11.1 Å². The largest absolute Gasteiger partial charge is 0.356 e. The topological polar surface area (TPSA) is 32.3 Å². The average Bonchev–Trinajstić information content (AvgIpc) is 2.83. The van der Waals surface area contributed by atoms with E-state index in [4.69, 9.17) is 0 Å². The van der Waals surface area contributed by atoms with Crippen molar-refractivity contribution in [3.05, 3.63) is 35.4 Å². The van der Waals surface area contributed by atoms with Crippen LogP contribution < -0.4 is 5.32 Å². The van der Waals surface area contributed by atoms with Crippen LogP contribution in [0, 0.1) is 5.41 Å². The highest BCUT2D eigenvalue weighted by atomic mass is 16.1. The molecule has 1 spiro atoms. The molecule has 0 saturated carbocycles. The Morgan fingerprint density at radius 3 is 2.50 bits per heavy atom. The Bertz CT molecular complexity index is 490. The molecule has 0 bridgehead atoms. The smallest absolute Gasteiger partial charge is 0.220 e. The Hall–Kier alpha value is -1.35. The molecule has 1 N–H and O–H groups in total. The summed E-state index contributed by atoms with van der Waals surface area (Å²) in [6, 6.07) is 8.76. The molecule has 1 aromatic carbocycles. The van der Waals surface area contributed by atoms with Gasteiger partial charge in [0, 0.05) is 19.5 Å². The molecule has 2 fully saturated rings. The van der Waals surface area contributed by atoms with Gasteiger partial charge in [0.25, 0.3) is 0 Å². The summed E-state index contributed by atoms with van der Waals surface area (Å²) >= 11 is 0. The third-order valence-corrected chi connectivity index (χ3v) is 5.01. The third kappa shape index (κ3) is 2.73. The van der Waals surface area contributed by atoms with E-state index in [0.29, 0.717) is 0 Å². The molecule has 0 atom stereocenters. The van der Waals surface area contributed by atoms with Gasteiger partial charge in [0.2, 0.25) is 5.91 Å². The minimum Gasteiger partial charge on any atom is -0.356 e. The molecule has 0 unspecified atom stereocenters. The molecule has 0 aromatic heterocycles. The zero-order chi connectivity index (χ0) is 14.0. The molecule has 0 aliphatic carbocycles. The summed E-state index contributed by atoms with van der Waals surface area (Å²) in [7, 11) is 0. The van der Waals surface area contributed by atoms with Crippen LogP contribution in [0.15, 0.2) is 24.3 Å². The van der Waals surface area contributed by atoms with Gasteiger partial charge >= 0.3 is 0 Å². The maximum absolute atomic E-state index is 11.4. The number of piperidine rings is 1. The minimum atomic E-state index is 0.245. The molecule has 2 heterocycles. The highest BCUT2D eigenvalue weighted by Gasteiger charge is 2.40. The van der Waals surface area contributed by atoms with Crippen molar-refractivity contribution >= 4 is 5.91 Å². The van der Waals surface area contributed by atoms with E-state index in [1.54, 1.807) is 0 Å². The minimum absolute atomic E-state index is 0.245. The second-order valence-electron chi connectivity index (χ2n) is 6.35. The van der Waals surface area contributed by atoms with E-state index in [9.17, 15) is 4.79 Å². The van der Waals surface area contributed by atoms with Gasteiger partial charge in [-0.3, -0.25) is 9.69 Å². The van der Waals surface area contributed by atoms with Crippen molar-refractivity contribution < 1.29 is 4.79 Å². The summed E-state index contributed by atoms with van der Waals surface area (Å²) in [4.78, 5) is 14.0. The van der Waals surface area contributed by atoms with Crippen molar-refractivity contribution in [2.24, 2.45) is 5.41 Å². The molecule has 2 aliphatic heterocycles. The van der Waals surface area contributed by atoms with Crippen LogP contribution in [-0.4, -0.2) is 30.4 Å². The average molecular weight is 272 g/mol. The van der Waals surface area contributed by atoms with Crippen LogP contribution >= 0.6 is 0 Å². The first-order valence-corrected chi connectivity index (χ1v) is 7.77. The second kappa shape index (κ2) is 5.57. The molecule has 1 amide bonds. The van der Waals surface area contributed by atoms with Crippen molar-refractivity contribution in [3.8, 4) is 0 Å². The van der Waals surface area contributed by atoms with E-state index in [0.717, 1.165) is 51.9 Å². The Labute approximate surface area is 121 Å². The van der Waals surface area contributed by atoms with E-state index in [-0.39, 0.29) is 11.3 Å². The molecule has 3 nitrogen and oxygen atoms in total. The first kappa shape index (κ1) is 13.6. The molecule has 0 radical (unpaired) electrons. The number of benzene rings is 1. The second-order valence-corrected chi connectivity index (χ2v) is 6.35. The van der Waals surface area contributed by atoms with Crippen LogP contribution in [0.2, 0.25) is 0 Å². The Morgan fingerprint density at radius 1 is 1.20 bits per heavy atom. The van der Waals surface area contributed by atoms with Gasteiger partial charge in [-0.1, -0.05) is 31.2 Å². The number of amides is 1. The van der Waals surface area contributed by atoms with Gasteiger partial charge in [0.1, 0.15) is 0 Å². The number of carbonyl (C=O) groups is 1. The third-order valence-electron chi connectivity index (χ3n) is 5.01. The zero-order valence-corrected chi connectivity index (χ0v) is 12.3. The van der Waals surface area contributed by atoms with Crippen LogP contribution in [0.1, 0.15) is 37.3 Å². The molecular formula is C17H24N2O. The Kier molecular flexibility index (Phi) is 3.79. The van der Waals surface area contributed by atoms with E-state index in [1.807, 2.05) is 0 Å². The number of aryl methyl sites for hydroxylation is 1. The normalized spacial score (nSPS) is 22.1. The van der Waals surface area contributed by atoms with Crippen molar-refractivity contribution in [1.29, 1.82) is 0 Å². The molecule has 2 aliphatic rings. The fourth-order valence-electron chi connectivity index (χ4n) is 3.59. The summed E-state index contributed by atoms with van der Waals surface area (Å²) < 4.78 is 0. The van der Waals surface area contributed by atoms with Crippen molar-refractivity contribution in [1.82, 2.24) is 10.2 Å². The van der Waals surface area contributed by atoms with Gasteiger partial charge in [-0.15, -0.1) is 0 Å². The SMILES string of the molecule is CCc1ccccc1CN1CCC2(CC1)CNC(=O)C2. The van der Waals surface area contributed by atoms with Gasteiger partial charge in [0.15, 0.2) is 0 Å². The van der Waals surface area contributed by atoms with Crippen molar-refractivity contribution in [2.75, 3.05) is 19.6 Å². The lowest BCUT2D eigenvalue weighted by atomic mass is 9.77. The zero-order valence-electron chi connectivity index (χ0n) is 12.3. The number of hydrogen-bond donors (Lipinski definition) is 1. The van der Waals surface area contributed by atoms with E-state index in [2.05, 4.69) is 41.4 Å². The highest BCUT2D eigenvalue weighted by Crippen LogP contribution is 2.37. The lowest BCUT2D eigenvalue weighted by molar-refractivity contribution is -0.119. The summed E-state index contributed by atoms with van der Waals surface area (Å²) in [6.45, 7) is 6.41. The molecule has 108 valence electrons. The first-order chi connectivity index (χ1) is 9.71. The lowest BCUT2D eigenvalue weighted by Crippen LogP contribution is -2.40. The van der Waals surface area contributed by atoms with Gasteiger partial charge in [-0.25, -0.2) is 0 Å². The number of carbonyl (C=O) groups excluding carboxylic acids is 1. The van der Waals surface area contributed by atoms with E-state index >= 15 is 0 Å².